The monoisotopic (exact) mass is 280 g/mol. The zero-order chi connectivity index (χ0) is 14.4. The number of thioether (sulfide) groups is 1. The zero-order valence-corrected chi connectivity index (χ0v) is 12.4. The molecule has 4 heteroatoms. The molecule has 19 heavy (non-hydrogen) atoms. The summed E-state index contributed by atoms with van der Waals surface area (Å²) in [7, 11) is 0. The van der Waals surface area contributed by atoms with Crippen LogP contribution in [0.3, 0.4) is 0 Å². The van der Waals surface area contributed by atoms with Gasteiger partial charge in [-0.3, -0.25) is 9.59 Å². The highest BCUT2D eigenvalue weighted by atomic mass is 32.2. The van der Waals surface area contributed by atoms with Gasteiger partial charge in [0.15, 0.2) is 5.78 Å². The normalized spacial score (nSPS) is 10.7. The van der Waals surface area contributed by atoms with Gasteiger partial charge in [-0.05, 0) is 25.5 Å². The number of hydrogen-bond acceptors (Lipinski definition) is 3. The Hall–Kier alpha value is -1.29. The lowest BCUT2D eigenvalue weighted by Gasteiger charge is -2.11. The lowest BCUT2D eigenvalue weighted by Crippen LogP contribution is -2.04. The van der Waals surface area contributed by atoms with E-state index in [2.05, 4.69) is 13.8 Å². The number of rotatable bonds is 7. The fraction of sp³-hybridized carbons (Fsp3) is 0.467. The summed E-state index contributed by atoms with van der Waals surface area (Å²) in [6, 6.07) is 5.87. The highest BCUT2D eigenvalue weighted by Crippen LogP contribution is 2.28. The Morgan fingerprint density at radius 2 is 1.95 bits per heavy atom. The van der Waals surface area contributed by atoms with Crippen LogP contribution in [0.25, 0.3) is 0 Å². The number of benzene rings is 1. The van der Waals surface area contributed by atoms with Crippen LogP contribution in [0.4, 0.5) is 0 Å². The van der Waals surface area contributed by atoms with E-state index in [0.29, 0.717) is 18.1 Å². The molecule has 0 aliphatic rings. The first-order valence-electron chi connectivity index (χ1n) is 6.42. The summed E-state index contributed by atoms with van der Waals surface area (Å²) < 4.78 is 0. The van der Waals surface area contributed by atoms with Gasteiger partial charge in [-0.25, -0.2) is 0 Å². The molecule has 1 rings (SSSR count). The first kappa shape index (κ1) is 15.8. The molecule has 0 radical (unpaired) electrons. The second-order valence-corrected chi connectivity index (χ2v) is 6.46. The zero-order valence-electron chi connectivity index (χ0n) is 11.6. The quantitative estimate of drug-likeness (QED) is 0.607. The van der Waals surface area contributed by atoms with Gasteiger partial charge in [0.1, 0.15) is 0 Å². The number of carboxylic acid groups (broad SMARTS) is 1. The van der Waals surface area contributed by atoms with Crippen molar-refractivity contribution in [3.05, 3.63) is 29.3 Å². The second kappa shape index (κ2) is 7.34. The Labute approximate surface area is 118 Å². The molecule has 0 heterocycles. The van der Waals surface area contributed by atoms with Crippen molar-refractivity contribution in [1.29, 1.82) is 0 Å². The van der Waals surface area contributed by atoms with Gasteiger partial charge in [0, 0.05) is 28.6 Å². The van der Waals surface area contributed by atoms with Crippen LogP contribution in [0.1, 0.15) is 49.0 Å². The summed E-state index contributed by atoms with van der Waals surface area (Å²) in [5.74, 6) is -0.818. The standard InChI is InChI=1S/C15H20O3S/c1-10(2)19-14-8-7-11(3)9-12(14)13(16)5-4-6-15(17)18/h7-10H,4-6H2,1-3H3,(H,17,18). The van der Waals surface area contributed by atoms with E-state index in [0.717, 1.165) is 16.0 Å². The molecule has 104 valence electrons. The Bertz CT molecular complexity index is 466. The number of aliphatic carboxylic acids is 1. The van der Waals surface area contributed by atoms with E-state index in [1.165, 1.54) is 0 Å². The molecule has 0 spiro atoms. The van der Waals surface area contributed by atoms with Crippen molar-refractivity contribution in [3.63, 3.8) is 0 Å². The van der Waals surface area contributed by atoms with Crippen molar-refractivity contribution in [2.75, 3.05) is 0 Å². The first-order chi connectivity index (χ1) is 8.90. The molecule has 3 nitrogen and oxygen atoms in total. The SMILES string of the molecule is Cc1ccc(SC(C)C)c(C(=O)CCCC(=O)O)c1. The number of Topliss-reactive ketones (excluding diaryl/α,β-unsaturated/α-hetero) is 1. The summed E-state index contributed by atoms with van der Waals surface area (Å²) in [5.41, 5.74) is 1.78. The summed E-state index contributed by atoms with van der Waals surface area (Å²) >= 11 is 1.66. The number of carboxylic acids is 1. The van der Waals surface area contributed by atoms with Crippen LogP contribution >= 0.6 is 11.8 Å². The molecule has 0 aromatic heterocycles. The molecular formula is C15H20O3S. The average Bonchev–Trinajstić information content (AvgIpc) is 2.30. The van der Waals surface area contributed by atoms with Gasteiger partial charge in [0.25, 0.3) is 0 Å². The van der Waals surface area contributed by atoms with Crippen LogP contribution in [-0.2, 0) is 4.79 Å². The molecule has 0 saturated heterocycles. The number of ketones is 1. The molecule has 1 N–H and O–H groups in total. The van der Waals surface area contributed by atoms with Crippen LogP contribution in [-0.4, -0.2) is 22.1 Å². The van der Waals surface area contributed by atoms with Crippen LogP contribution in [0.5, 0.6) is 0 Å². The number of carbonyl (C=O) groups is 2. The average molecular weight is 280 g/mol. The molecule has 1 aromatic carbocycles. The van der Waals surface area contributed by atoms with E-state index in [9.17, 15) is 9.59 Å². The Kier molecular flexibility index (Phi) is 6.09. The molecule has 0 aliphatic heterocycles. The maximum Gasteiger partial charge on any atom is 0.303 e. The number of hydrogen-bond donors (Lipinski definition) is 1. The second-order valence-electron chi connectivity index (χ2n) is 4.84. The van der Waals surface area contributed by atoms with Gasteiger partial charge >= 0.3 is 5.97 Å². The minimum absolute atomic E-state index is 0.0353. The highest BCUT2D eigenvalue weighted by molar-refractivity contribution is 8.00. The summed E-state index contributed by atoms with van der Waals surface area (Å²) in [6.07, 6.45) is 0.736. The minimum Gasteiger partial charge on any atom is -0.481 e. The van der Waals surface area contributed by atoms with Gasteiger partial charge in [0.2, 0.25) is 0 Å². The van der Waals surface area contributed by atoms with Gasteiger partial charge in [0.05, 0.1) is 0 Å². The topological polar surface area (TPSA) is 54.4 Å². The largest absolute Gasteiger partial charge is 0.481 e. The predicted octanol–water partition coefficient (Wildman–Crippen LogP) is 3.93. The van der Waals surface area contributed by atoms with Crippen molar-refractivity contribution < 1.29 is 14.7 Å². The van der Waals surface area contributed by atoms with Crippen LogP contribution in [0, 0.1) is 6.92 Å². The third kappa shape index (κ3) is 5.47. The fourth-order valence-electron chi connectivity index (χ4n) is 1.75. The Morgan fingerprint density at radius 1 is 1.26 bits per heavy atom. The summed E-state index contributed by atoms with van der Waals surface area (Å²) in [5, 5.41) is 9.01. The van der Waals surface area contributed by atoms with Crippen LogP contribution < -0.4 is 0 Å². The smallest absolute Gasteiger partial charge is 0.303 e. The Morgan fingerprint density at radius 3 is 2.53 bits per heavy atom. The van der Waals surface area contributed by atoms with Gasteiger partial charge in [-0.1, -0.05) is 25.5 Å². The molecule has 0 bridgehead atoms. The molecule has 0 atom stereocenters. The molecular weight excluding hydrogens is 260 g/mol. The van der Waals surface area contributed by atoms with Crippen molar-refractivity contribution >= 4 is 23.5 Å². The van der Waals surface area contributed by atoms with Crippen molar-refractivity contribution in [2.24, 2.45) is 0 Å². The fourth-order valence-corrected chi connectivity index (χ4v) is 2.71. The lowest BCUT2D eigenvalue weighted by atomic mass is 10.0. The van der Waals surface area contributed by atoms with Gasteiger partial charge in [-0.2, -0.15) is 0 Å². The third-order valence-corrected chi connectivity index (χ3v) is 3.67. The van der Waals surface area contributed by atoms with Crippen molar-refractivity contribution in [3.8, 4) is 0 Å². The minimum atomic E-state index is -0.853. The molecule has 0 fully saturated rings. The van der Waals surface area contributed by atoms with E-state index < -0.39 is 5.97 Å². The van der Waals surface area contributed by atoms with Gasteiger partial charge < -0.3 is 5.11 Å². The van der Waals surface area contributed by atoms with Crippen molar-refractivity contribution in [2.45, 2.75) is 50.2 Å². The van der Waals surface area contributed by atoms with E-state index in [-0.39, 0.29) is 12.2 Å². The van der Waals surface area contributed by atoms with Crippen LogP contribution in [0.15, 0.2) is 23.1 Å². The number of aryl methyl sites for hydroxylation is 1. The molecule has 0 unspecified atom stereocenters. The lowest BCUT2D eigenvalue weighted by molar-refractivity contribution is -0.137. The van der Waals surface area contributed by atoms with E-state index >= 15 is 0 Å². The summed E-state index contributed by atoms with van der Waals surface area (Å²) in [4.78, 5) is 23.6. The van der Waals surface area contributed by atoms with E-state index in [1.807, 2.05) is 25.1 Å². The molecule has 0 amide bonds. The van der Waals surface area contributed by atoms with E-state index in [4.69, 9.17) is 5.11 Å². The number of carbonyl (C=O) groups excluding carboxylic acids is 1. The van der Waals surface area contributed by atoms with Crippen LogP contribution in [0.2, 0.25) is 0 Å². The van der Waals surface area contributed by atoms with Gasteiger partial charge in [-0.15, -0.1) is 11.8 Å². The first-order valence-corrected chi connectivity index (χ1v) is 7.30. The molecule has 1 aromatic rings. The summed E-state index contributed by atoms with van der Waals surface area (Å²) in [6.45, 7) is 6.13. The maximum absolute atomic E-state index is 12.2. The third-order valence-electron chi connectivity index (χ3n) is 2.59. The van der Waals surface area contributed by atoms with Crippen molar-refractivity contribution in [1.82, 2.24) is 0 Å². The molecule has 0 aliphatic carbocycles. The Balaban J connectivity index is 2.81. The predicted molar refractivity (Wildman–Crippen MR) is 78.0 cm³/mol. The van der Waals surface area contributed by atoms with E-state index in [1.54, 1.807) is 11.8 Å². The highest BCUT2D eigenvalue weighted by Gasteiger charge is 2.13. The maximum atomic E-state index is 12.2. The molecule has 0 saturated carbocycles.